The highest BCUT2D eigenvalue weighted by molar-refractivity contribution is 14.1. The predicted octanol–water partition coefficient (Wildman–Crippen LogP) is 5.45. The van der Waals surface area contributed by atoms with E-state index in [-0.39, 0.29) is 17.8 Å². The minimum absolute atomic E-state index is 0.103. The normalized spacial score (nSPS) is 14.0. The number of ether oxygens (including phenoxy) is 2. The molecule has 0 fully saturated rings. The van der Waals surface area contributed by atoms with E-state index in [0.29, 0.717) is 38.6 Å². The maximum absolute atomic E-state index is 12.9. The van der Waals surface area contributed by atoms with E-state index in [4.69, 9.17) is 21.1 Å². The average Bonchev–Trinajstić information content (AvgIpc) is 3.09. The minimum Gasteiger partial charge on any atom is -0.483 e. The van der Waals surface area contributed by atoms with Crippen molar-refractivity contribution >= 4 is 40.5 Å². The van der Waals surface area contributed by atoms with Crippen LogP contribution in [0.5, 0.6) is 11.5 Å². The SMILES string of the molecule is CC1(C)Cc2cccc(OCc3c(Cl)cc(I)c(=O)n3CCc3ccc(C=O)cc3)c2O1. The summed E-state index contributed by atoms with van der Waals surface area (Å²) in [5, 5.41) is 0.485. The third-order valence-electron chi connectivity index (χ3n) is 5.46. The summed E-state index contributed by atoms with van der Waals surface area (Å²) in [6, 6.07) is 14.9. The topological polar surface area (TPSA) is 57.5 Å². The number of aldehydes is 1. The smallest absolute Gasteiger partial charge is 0.264 e. The second kappa shape index (κ2) is 9.27. The van der Waals surface area contributed by atoms with Crippen LogP contribution in [0.2, 0.25) is 5.02 Å². The number of fused-ring (bicyclic) bond motifs is 1. The predicted molar refractivity (Wildman–Crippen MR) is 133 cm³/mol. The van der Waals surface area contributed by atoms with Gasteiger partial charge in [-0.25, -0.2) is 0 Å². The number of rotatable bonds is 7. The van der Waals surface area contributed by atoms with Crippen molar-refractivity contribution in [1.82, 2.24) is 4.57 Å². The number of aryl methyl sites for hydroxylation is 1. The number of hydrogen-bond donors (Lipinski definition) is 0. The van der Waals surface area contributed by atoms with E-state index < -0.39 is 0 Å². The zero-order valence-corrected chi connectivity index (χ0v) is 20.8. The fraction of sp³-hybridized carbons (Fsp3) is 0.280. The number of benzene rings is 2. The Hall–Kier alpha value is -2.32. The molecule has 1 aliphatic rings. The van der Waals surface area contributed by atoms with E-state index in [2.05, 4.69) is 0 Å². The number of carbonyl (C=O) groups excluding carboxylic acids is 1. The molecule has 0 bridgehead atoms. The minimum atomic E-state index is -0.274. The van der Waals surface area contributed by atoms with E-state index in [9.17, 15) is 9.59 Å². The van der Waals surface area contributed by atoms with Gasteiger partial charge < -0.3 is 14.0 Å². The molecule has 32 heavy (non-hydrogen) atoms. The van der Waals surface area contributed by atoms with Gasteiger partial charge in [0.05, 0.1) is 14.3 Å². The fourth-order valence-electron chi connectivity index (χ4n) is 3.87. The Morgan fingerprint density at radius 2 is 1.97 bits per heavy atom. The molecule has 2 heterocycles. The first-order valence-electron chi connectivity index (χ1n) is 10.3. The first-order valence-corrected chi connectivity index (χ1v) is 11.8. The van der Waals surface area contributed by atoms with Crippen molar-refractivity contribution in [2.24, 2.45) is 0 Å². The van der Waals surface area contributed by atoms with Crippen molar-refractivity contribution in [1.29, 1.82) is 0 Å². The lowest BCUT2D eigenvalue weighted by Crippen LogP contribution is -2.28. The molecule has 0 amide bonds. The van der Waals surface area contributed by atoms with Gasteiger partial charge in [0.15, 0.2) is 11.5 Å². The lowest BCUT2D eigenvalue weighted by molar-refractivity contribution is 0.112. The molecular formula is C25H23ClINO4. The summed E-state index contributed by atoms with van der Waals surface area (Å²) in [6.07, 6.45) is 2.26. The van der Waals surface area contributed by atoms with Gasteiger partial charge in [0.25, 0.3) is 5.56 Å². The van der Waals surface area contributed by atoms with Crippen molar-refractivity contribution in [3.05, 3.63) is 89.9 Å². The summed E-state index contributed by atoms with van der Waals surface area (Å²) < 4.78 is 14.4. The quantitative estimate of drug-likeness (QED) is 0.283. The Morgan fingerprint density at radius 1 is 1.22 bits per heavy atom. The van der Waals surface area contributed by atoms with Crippen LogP contribution in [-0.4, -0.2) is 16.5 Å². The highest BCUT2D eigenvalue weighted by atomic mass is 127. The number of hydrogen-bond acceptors (Lipinski definition) is 4. The van der Waals surface area contributed by atoms with Crippen LogP contribution in [-0.2, 0) is 26.0 Å². The lowest BCUT2D eigenvalue weighted by Gasteiger charge is -2.19. The van der Waals surface area contributed by atoms with E-state index >= 15 is 0 Å². The van der Waals surface area contributed by atoms with Crippen LogP contribution in [0.25, 0.3) is 0 Å². The van der Waals surface area contributed by atoms with Gasteiger partial charge in [0, 0.05) is 24.1 Å². The van der Waals surface area contributed by atoms with Gasteiger partial charge in [-0.2, -0.15) is 0 Å². The Balaban J connectivity index is 1.58. The first-order chi connectivity index (χ1) is 15.3. The fourth-order valence-corrected chi connectivity index (χ4v) is 4.92. The van der Waals surface area contributed by atoms with Crippen molar-refractivity contribution in [2.45, 2.75) is 45.4 Å². The van der Waals surface area contributed by atoms with Gasteiger partial charge in [-0.1, -0.05) is 48.0 Å². The van der Waals surface area contributed by atoms with Crippen LogP contribution in [0, 0.1) is 3.57 Å². The summed E-state index contributed by atoms with van der Waals surface area (Å²) >= 11 is 8.55. The monoisotopic (exact) mass is 563 g/mol. The van der Waals surface area contributed by atoms with Crippen molar-refractivity contribution in [3.8, 4) is 11.5 Å². The lowest BCUT2D eigenvalue weighted by atomic mass is 10.0. The molecule has 2 aromatic carbocycles. The molecule has 0 aliphatic carbocycles. The highest BCUT2D eigenvalue weighted by Crippen LogP contribution is 2.42. The molecule has 0 radical (unpaired) electrons. The second-order valence-corrected chi connectivity index (χ2v) is 9.99. The van der Waals surface area contributed by atoms with E-state index in [1.807, 2.05) is 66.8 Å². The number of halogens is 2. The molecule has 0 N–H and O–H groups in total. The Labute approximate surface area is 205 Å². The summed E-state index contributed by atoms with van der Waals surface area (Å²) in [5.74, 6) is 1.40. The van der Waals surface area contributed by atoms with E-state index in [1.165, 1.54) is 0 Å². The van der Waals surface area contributed by atoms with E-state index in [0.717, 1.165) is 29.6 Å². The number of aromatic nitrogens is 1. The third kappa shape index (κ3) is 4.86. The molecule has 1 aromatic heterocycles. The van der Waals surface area contributed by atoms with Gasteiger partial charge in [0.1, 0.15) is 18.5 Å². The molecule has 0 unspecified atom stereocenters. The number of pyridine rings is 1. The van der Waals surface area contributed by atoms with Gasteiger partial charge >= 0.3 is 0 Å². The second-order valence-electron chi connectivity index (χ2n) is 8.42. The van der Waals surface area contributed by atoms with Crippen molar-refractivity contribution in [3.63, 3.8) is 0 Å². The van der Waals surface area contributed by atoms with Crippen LogP contribution in [0.15, 0.2) is 53.3 Å². The third-order valence-corrected chi connectivity index (χ3v) is 6.56. The summed E-state index contributed by atoms with van der Waals surface area (Å²) in [4.78, 5) is 23.8. The zero-order chi connectivity index (χ0) is 22.9. The molecule has 1 aliphatic heterocycles. The van der Waals surface area contributed by atoms with Gasteiger partial charge in [-0.15, -0.1) is 0 Å². The van der Waals surface area contributed by atoms with Crippen molar-refractivity contribution < 1.29 is 14.3 Å². The molecular weight excluding hydrogens is 541 g/mol. The van der Waals surface area contributed by atoms with Crippen molar-refractivity contribution in [2.75, 3.05) is 0 Å². The number of carbonyl (C=O) groups is 1. The molecule has 0 saturated heterocycles. The molecule has 3 aromatic rings. The summed E-state index contributed by atoms with van der Waals surface area (Å²) in [6.45, 7) is 4.69. The van der Waals surface area contributed by atoms with Gasteiger partial charge in [-0.05, 0) is 60.6 Å². The molecule has 5 nitrogen and oxygen atoms in total. The van der Waals surface area contributed by atoms with Gasteiger partial charge in [0.2, 0.25) is 0 Å². The molecule has 166 valence electrons. The Bertz CT molecular complexity index is 1220. The summed E-state index contributed by atoms with van der Waals surface area (Å²) in [5.41, 5.74) is 3.01. The number of para-hydroxylation sites is 1. The summed E-state index contributed by atoms with van der Waals surface area (Å²) in [7, 11) is 0. The Morgan fingerprint density at radius 3 is 2.69 bits per heavy atom. The van der Waals surface area contributed by atoms with Crippen LogP contribution in [0.1, 0.15) is 41.0 Å². The average molecular weight is 564 g/mol. The van der Waals surface area contributed by atoms with Crippen LogP contribution >= 0.6 is 34.2 Å². The standard InChI is InChI=1S/C25H23ClINO4/c1-25(2)13-18-4-3-5-22(23(18)32-25)31-15-21-19(26)12-20(27)24(30)28(21)11-10-16-6-8-17(14-29)9-7-16/h3-9,12,14H,10-11,13,15H2,1-2H3. The zero-order valence-electron chi connectivity index (χ0n) is 17.9. The largest absolute Gasteiger partial charge is 0.483 e. The maximum atomic E-state index is 12.9. The first kappa shape index (κ1) is 22.9. The highest BCUT2D eigenvalue weighted by Gasteiger charge is 2.32. The van der Waals surface area contributed by atoms with Crippen LogP contribution in [0.4, 0.5) is 0 Å². The molecule has 0 atom stereocenters. The van der Waals surface area contributed by atoms with E-state index in [1.54, 1.807) is 22.8 Å². The molecule has 7 heteroatoms. The van der Waals surface area contributed by atoms with Crippen LogP contribution in [0.3, 0.4) is 0 Å². The Kier molecular flexibility index (Phi) is 6.62. The van der Waals surface area contributed by atoms with Crippen LogP contribution < -0.4 is 15.0 Å². The number of nitrogens with zero attached hydrogens (tertiary/aromatic N) is 1. The molecule has 0 spiro atoms. The molecule has 4 rings (SSSR count). The molecule has 0 saturated carbocycles. The van der Waals surface area contributed by atoms with Gasteiger partial charge in [-0.3, -0.25) is 9.59 Å². The maximum Gasteiger partial charge on any atom is 0.264 e.